The molecule has 1 saturated heterocycles. The van der Waals surface area contributed by atoms with E-state index in [1.165, 1.54) is 0 Å². The number of thioether (sulfide) groups is 1. The Hall–Kier alpha value is -0.760. The summed E-state index contributed by atoms with van der Waals surface area (Å²) < 4.78 is 32.6. The van der Waals surface area contributed by atoms with Gasteiger partial charge < -0.3 is 10.1 Å². The minimum atomic E-state index is -3.42. The SMILES string of the molecule is CNCCOc1ccc(S(=O)(=O)NCC2CCSC2)cc1. The third-order valence-corrected chi connectivity index (χ3v) is 6.01. The van der Waals surface area contributed by atoms with Gasteiger partial charge in [0.05, 0.1) is 4.90 Å². The van der Waals surface area contributed by atoms with Crippen LogP contribution in [0.3, 0.4) is 0 Å². The minimum absolute atomic E-state index is 0.286. The van der Waals surface area contributed by atoms with Crippen LogP contribution >= 0.6 is 11.8 Å². The lowest BCUT2D eigenvalue weighted by Gasteiger charge is -2.11. The summed E-state index contributed by atoms with van der Waals surface area (Å²) >= 11 is 1.88. The maximum Gasteiger partial charge on any atom is 0.240 e. The van der Waals surface area contributed by atoms with Crippen LogP contribution in [0.15, 0.2) is 29.2 Å². The highest BCUT2D eigenvalue weighted by molar-refractivity contribution is 7.99. The first-order valence-electron chi connectivity index (χ1n) is 7.06. The van der Waals surface area contributed by atoms with Crippen LogP contribution in [0.2, 0.25) is 0 Å². The van der Waals surface area contributed by atoms with Gasteiger partial charge in [0.1, 0.15) is 12.4 Å². The van der Waals surface area contributed by atoms with Gasteiger partial charge in [-0.15, -0.1) is 0 Å². The van der Waals surface area contributed by atoms with Gasteiger partial charge in [0, 0.05) is 13.1 Å². The van der Waals surface area contributed by atoms with E-state index in [9.17, 15) is 8.42 Å². The fraction of sp³-hybridized carbons (Fsp3) is 0.571. The number of likely N-dealkylation sites (N-methyl/N-ethyl adjacent to an activating group) is 1. The molecule has 1 atom stereocenters. The average molecular weight is 330 g/mol. The molecule has 1 unspecified atom stereocenters. The second kappa shape index (κ2) is 8.03. The zero-order valence-corrected chi connectivity index (χ0v) is 13.8. The van der Waals surface area contributed by atoms with Gasteiger partial charge in [0.2, 0.25) is 10.0 Å². The quantitative estimate of drug-likeness (QED) is 0.704. The highest BCUT2D eigenvalue weighted by atomic mass is 32.2. The second-order valence-electron chi connectivity index (χ2n) is 5.00. The van der Waals surface area contributed by atoms with Crippen molar-refractivity contribution in [2.75, 3.05) is 38.2 Å². The van der Waals surface area contributed by atoms with E-state index in [0.717, 1.165) is 24.5 Å². The van der Waals surface area contributed by atoms with Gasteiger partial charge in [0.25, 0.3) is 0 Å². The molecule has 5 nitrogen and oxygen atoms in total. The van der Waals surface area contributed by atoms with Crippen LogP contribution in [0, 0.1) is 5.92 Å². The van der Waals surface area contributed by atoms with Crippen molar-refractivity contribution >= 4 is 21.8 Å². The Bertz CT molecular complexity index is 526. The lowest BCUT2D eigenvalue weighted by atomic mass is 10.1. The molecule has 0 radical (unpaired) electrons. The third-order valence-electron chi connectivity index (χ3n) is 3.34. The van der Waals surface area contributed by atoms with Crippen molar-refractivity contribution in [3.05, 3.63) is 24.3 Å². The Morgan fingerprint density at radius 1 is 1.33 bits per heavy atom. The van der Waals surface area contributed by atoms with Gasteiger partial charge in [-0.3, -0.25) is 0 Å². The lowest BCUT2D eigenvalue weighted by molar-refractivity contribution is 0.318. The normalized spacial score (nSPS) is 18.8. The highest BCUT2D eigenvalue weighted by Crippen LogP contribution is 2.23. The monoisotopic (exact) mass is 330 g/mol. The van der Waals surface area contributed by atoms with E-state index in [0.29, 0.717) is 24.8 Å². The van der Waals surface area contributed by atoms with E-state index < -0.39 is 10.0 Å². The molecule has 0 bridgehead atoms. The van der Waals surface area contributed by atoms with Crippen molar-refractivity contribution in [2.24, 2.45) is 5.92 Å². The van der Waals surface area contributed by atoms with Crippen molar-refractivity contribution in [2.45, 2.75) is 11.3 Å². The highest BCUT2D eigenvalue weighted by Gasteiger charge is 2.20. The number of hydrogen-bond donors (Lipinski definition) is 2. The van der Waals surface area contributed by atoms with E-state index in [4.69, 9.17) is 4.74 Å². The maximum absolute atomic E-state index is 12.2. The van der Waals surface area contributed by atoms with Gasteiger partial charge in [0.15, 0.2) is 0 Å². The van der Waals surface area contributed by atoms with Crippen molar-refractivity contribution in [1.29, 1.82) is 0 Å². The Kier molecular flexibility index (Phi) is 6.35. The minimum Gasteiger partial charge on any atom is -0.492 e. The third kappa shape index (κ3) is 5.18. The van der Waals surface area contributed by atoms with Gasteiger partial charge in [-0.05, 0) is 55.2 Å². The molecule has 7 heteroatoms. The first kappa shape index (κ1) is 16.6. The van der Waals surface area contributed by atoms with Gasteiger partial charge in [-0.2, -0.15) is 11.8 Å². The summed E-state index contributed by atoms with van der Waals surface area (Å²) in [6, 6.07) is 6.55. The molecule has 0 aliphatic carbocycles. The molecule has 1 aliphatic heterocycles. The van der Waals surface area contributed by atoms with Crippen molar-refractivity contribution < 1.29 is 13.2 Å². The molecule has 1 aliphatic rings. The Balaban J connectivity index is 1.89. The van der Waals surface area contributed by atoms with Crippen LogP contribution < -0.4 is 14.8 Å². The van der Waals surface area contributed by atoms with Gasteiger partial charge in [-0.25, -0.2) is 13.1 Å². The molecule has 0 aromatic heterocycles. The fourth-order valence-corrected chi connectivity index (χ4v) is 4.44. The fourth-order valence-electron chi connectivity index (χ4n) is 2.04. The molecule has 0 spiro atoms. The summed E-state index contributed by atoms with van der Waals surface area (Å²) in [5, 5.41) is 2.98. The number of rotatable bonds is 8. The van der Waals surface area contributed by atoms with Crippen LogP contribution in [0.5, 0.6) is 5.75 Å². The van der Waals surface area contributed by atoms with Crippen LogP contribution in [0.1, 0.15) is 6.42 Å². The topological polar surface area (TPSA) is 67.4 Å². The summed E-state index contributed by atoms with van der Waals surface area (Å²) in [4.78, 5) is 0.286. The van der Waals surface area contributed by atoms with Crippen LogP contribution in [-0.2, 0) is 10.0 Å². The Morgan fingerprint density at radius 3 is 2.71 bits per heavy atom. The number of benzene rings is 1. The molecule has 1 heterocycles. The molecule has 2 N–H and O–H groups in total. The van der Waals surface area contributed by atoms with Crippen LogP contribution in [-0.4, -0.2) is 46.7 Å². The zero-order chi connectivity index (χ0) is 15.1. The van der Waals surface area contributed by atoms with Crippen LogP contribution in [0.25, 0.3) is 0 Å². The van der Waals surface area contributed by atoms with Crippen molar-refractivity contribution in [3.63, 3.8) is 0 Å². The molecule has 0 amide bonds. The molecule has 2 rings (SSSR count). The first-order valence-corrected chi connectivity index (χ1v) is 9.70. The number of nitrogens with one attached hydrogen (secondary N) is 2. The van der Waals surface area contributed by atoms with Gasteiger partial charge >= 0.3 is 0 Å². The molecule has 118 valence electrons. The predicted octanol–water partition coefficient (Wildman–Crippen LogP) is 1.32. The summed E-state index contributed by atoms with van der Waals surface area (Å²) in [5.41, 5.74) is 0. The Labute approximate surface area is 130 Å². The zero-order valence-electron chi connectivity index (χ0n) is 12.2. The van der Waals surface area contributed by atoms with E-state index in [1.54, 1.807) is 24.3 Å². The smallest absolute Gasteiger partial charge is 0.240 e. The van der Waals surface area contributed by atoms with E-state index in [2.05, 4.69) is 10.0 Å². The summed E-state index contributed by atoms with van der Waals surface area (Å²) in [5.74, 6) is 3.30. The van der Waals surface area contributed by atoms with Crippen LogP contribution in [0.4, 0.5) is 0 Å². The largest absolute Gasteiger partial charge is 0.492 e. The summed E-state index contributed by atoms with van der Waals surface area (Å²) in [6.45, 7) is 1.83. The molecule has 1 aromatic rings. The Morgan fingerprint density at radius 2 is 2.10 bits per heavy atom. The van der Waals surface area contributed by atoms with Crippen molar-refractivity contribution in [1.82, 2.24) is 10.0 Å². The molecule has 1 fully saturated rings. The standard InChI is InChI=1S/C14H22N2O3S2/c1-15-7-8-19-13-2-4-14(5-3-13)21(17,18)16-10-12-6-9-20-11-12/h2-5,12,15-16H,6-11H2,1H3. The number of ether oxygens (including phenoxy) is 1. The van der Waals surface area contributed by atoms with E-state index >= 15 is 0 Å². The number of hydrogen-bond acceptors (Lipinski definition) is 5. The van der Waals surface area contributed by atoms with Gasteiger partial charge in [-0.1, -0.05) is 0 Å². The molecular weight excluding hydrogens is 308 g/mol. The predicted molar refractivity (Wildman–Crippen MR) is 86.5 cm³/mol. The molecule has 1 aromatic carbocycles. The van der Waals surface area contributed by atoms with E-state index in [-0.39, 0.29) is 4.90 Å². The molecular formula is C14H22N2O3S2. The van der Waals surface area contributed by atoms with Crippen molar-refractivity contribution in [3.8, 4) is 5.75 Å². The van der Waals surface area contributed by atoms with E-state index in [1.807, 2.05) is 18.8 Å². The summed E-state index contributed by atoms with van der Waals surface area (Å²) in [6.07, 6.45) is 1.09. The average Bonchev–Trinajstić information content (AvgIpc) is 3.00. The number of sulfonamides is 1. The summed E-state index contributed by atoms with van der Waals surface area (Å²) in [7, 11) is -1.56. The second-order valence-corrected chi connectivity index (χ2v) is 7.92. The molecule has 0 saturated carbocycles. The molecule has 21 heavy (non-hydrogen) atoms. The maximum atomic E-state index is 12.2. The first-order chi connectivity index (χ1) is 10.1. The lowest BCUT2D eigenvalue weighted by Crippen LogP contribution is -2.29.